The van der Waals surface area contributed by atoms with Gasteiger partial charge in [0.15, 0.2) is 5.16 Å². The van der Waals surface area contributed by atoms with Crippen molar-refractivity contribution in [3.8, 4) is 11.3 Å². The first kappa shape index (κ1) is 13.4. The van der Waals surface area contributed by atoms with E-state index in [0.29, 0.717) is 10.1 Å². The zero-order chi connectivity index (χ0) is 14.7. The van der Waals surface area contributed by atoms with E-state index in [1.54, 1.807) is 24.4 Å². The molecule has 6 heteroatoms. The van der Waals surface area contributed by atoms with E-state index in [4.69, 9.17) is 0 Å². The summed E-state index contributed by atoms with van der Waals surface area (Å²) in [6, 6.07) is 16.4. The Morgan fingerprint density at radius 3 is 2.52 bits per heavy atom. The molecule has 0 fully saturated rings. The second kappa shape index (κ2) is 5.80. The molecule has 5 nitrogen and oxygen atoms in total. The number of H-pyrrole nitrogens is 1. The Labute approximate surface area is 125 Å². The topological polar surface area (TPSA) is 71.8 Å². The minimum absolute atomic E-state index is 0.0835. The Morgan fingerprint density at radius 1 is 1.05 bits per heavy atom. The minimum atomic E-state index is -0.386. The predicted molar refractivity (Wildman–Crippen MR) is 81.2 cm³/mol. The molecule has 0 unspecified atom stereocenters. The van der Waals surface area contributed by atoms with E-state index < -0.39 is 0 Å². The summed E-state index contributed by atoms with van der Waals surface area (Å²) >= 11 is 1.25. The fourth-order valence-corrected chi connectivity index (χ4v) is 2.79. The lowest BCUT2D eigenvalue weighted by Gasteiger charge is -2.00. The van der Waals surface area contributed by atoms with Crippen molar-refractivity contribution in [3.63, 3.8) is 0 Å². The molecule has 0 aliphatic carbocycles. The van der Waals surface area contributed by atoms with Crippen molar-refractivity contribution in [2.75, 3.05) is 0 Å². The van der Waals surface area contributed by atoms with Crippen molar-refractivity contribution in [2.24, 2.45) is 0 Å². The highest BCUT2D eigenvalue weighted by Gasteiger charge is 2.15. The quantitative estimate of drug-likeness (QED) is 0.580. The highest BCUT2D eigenvalue weighted by Crippen LogP contribution is 2.33. The first-order chi connectivity index (χ1) is 10.2. The lowest BCUT2D eigenvalue weighted by molar-refractivity contribution is -0.387. The second-order valence-electron chi connectivity index (χ2n) is 4.29. The number of hydrogen-bond donors (Lipinski definition) is 1. The summed E-state index contributed by atoms with van der Waals surface area (Å²) in [6.07, 6.45) is 1.73. The van der Waals surface area contributed by atoms with Crippen LogP contribution in [0.3, 0.4) is 0 Å². The number of nitrogens with one attached hydrogen (secondary N) is 1. The number of para-hydroxylation sites is 1. The fraction of sp³-hybridized carbons (Fsp3) is 0. The molecule has 0 saturated carbocycles. The molecular formula is C15H11N3O2S. The van der Waals surface area contributed by atoms with Gasteiger partial charge in [0.2, 0.25) is 0 Å². The molecule has 0 radical (unpaired) electrons. The molecule has 0 amide bonds. The molecule has 3 aromatic rings. The summed E-state index contributed by atoms with van der Waals surface area (Å²) < 4.78 is 0. The molecule has 104 valence electrons. The smallest absolute Gasteiger partial charge is 0.283 e. The molecule has 0 bridgehead atoms. The lowest BCUT2D eigenvalue weighted by Crippen LogP contribution is -1.90. The van der Waals surface area contributed by atoms with Crippen molar-refractivity contribution < 1.29 is 4.92 Å². The van der Waals surface area contributed by atoms with Gasteiger partial charge in [-0.25, -0.2) is 4.98 Å². The molecule has 0 aliphatic rings. The highest BCUT2D eigenvalue weighted by atomic mass is 32.2. The Hall–Kier alpha value is -2.60. The second-order valence-corrected chi connectivity index (χ2v) is 5.33. The Kier molecular flexibility index (Phi) is 3.70. The van der Waals surface area contributed by atoms with Crippen molar-refractivity contribution in [1.82, 2.24) is 9.97 Å². The van der Waals surface area contributed by atoms with E-state index in [9.17, 15) is 10.1 Å². The summed E-state index contributed by atoms with van der Waals surface area (Å²) in [5, 5.41) is 11.6. The number of imidazole rings is 1. The number of aromatic nitrogens is 2. The number of benzene rings is 2. The summed E-state index contributed by atoms with van der Waals surface area (Å²) in [5.74, 6) is 0. The Morgan fingerprint density at radius 2 is 1.76 bits per heavy atom. The van der Waals surface area contributed by atoms with Gasteiger partial charge in [0, 0.05) is 6.07 Å². The third-order valence-corrected chi connectivity index (χ3v) is 3.87. The molecule has 0 aliphatic heterocycles. The average Bonchev–Trinajstić information content (AvgIpc) is 2.97. The van der Waals surface area contributed by atoms with Crippen molar-refractivity contribution >= 4 is 17.4 Å². The van der Waals surface area contributed by atoms with Gasteiger partial charge in [0.05, 0.1) is 21.7 Å². The maximum absolute atomic E-state index is 11.0. The van der Waals surface area contributed by atoms with Crippen LogP contribution in [0, 0.1) is 10.1 Å². The number of aromatic amines is 1. The first-order valence-corrected chi connectivity index (χ1v) is 7.07. The maximum Gasteiger partial charge on any atom is 0.283 e. The van der Waals surface area contributed by atoms with Gasteiger partial charge in [-0.05, 0) is 23.4 Å². The van der Waals surface area contributed by atoms with Crippen LogP contribution in [0.15, 0.2) is 70.8 Å². The Balaban J connectivity index is 1.87. The fourth-order valence-electron chi connectivity index (χ4n) is 1.92. The lowest BCUT2D eigenvalue weighted by atomic mass is 10.2. The SMILES string of the molecule is O=[N+]([O-])c1ccccc1Sc1ncc(-c2ccccc2)[nH]1. The summed E-state index contributed by atoms with van der Waals surface area (Å²) in [7, 11) is 0. The molecule has 2 aromatic carbocycles. The van der Waals surface area contributed by atoms with Crippen LogP contribution in [0.4, 0.5) is 5.69 Å². The van der Waals surface area contributed by atoms with Crippen molar-refractivity contribution in [3.05, 3.63) is 70.9 Å². The van der Waals surface area contributed by atoms with Gasteiger partial charge in [0.25, 0.3) is 5.69 Å². The van der Waals surface area contributed by atoms with E-state index in [0.717, 1.165) is 11.3 Å². The van der Waals surface area contributed by atoms with Gasteiger partial charge in [-0.3, -0.25) is 10.1 Å². The molecular weight excluding hydrogens is 286 g/mol. The van der Waals surface area contributed by atoms with Gasteiger partial charge in [-0.1, -0.05) is 42.5 Å². The molecule has 3 rings (SSSR count). The normalized spacial score (nSPS) is 10.5. The zero-order valence-corrected chi connectivity index (χ0v) is 11.7. The summed E-state index contributed by atoms with van der Waals surface area (Å²) in [5.41, 5.74) is 2.00. The van der Waals surface area contributed by atoms with Crippen LogP contribution in [0.1, 0.15) is 0 Å². The number of nitrogens with zero attached hydrogens (tertiary/aromatic N) is 2. The van der Waals surface area contributed by atoms with E-state index in [1.807, 2.05) is 30.3 Å². The van der Waals surface area contributed by atoms with Gasteiger partial charge in [-0.2, -0.15) is 0 Å². The largest absolute Gasteiger partial charge is 0.333 e. The summed E-state index contributed by atoms with van der Waals surface area (Å²) in [6.45, 7) is 0. The van der Waals surface area contributed by atoms with Gasteiger partial charge in [-0.15, -0.1) is 0 Å². The van der Waals surface area contributed by atoms with Gasteiger partial charge < -0.3 is 4.98 Å². The van der Waals surface area contributed by atoms with Crippen molar-refractivity contribution in [1.29, 1.82) is 0 Å². The van der Waals surface area contributed by atoms with Crippen LogP contribution < -0.4 is 0 Å². The minimum Gasteiger partial charge on any atom is -0.333 e. The van der Waals surface area contributed by atoms with E-state index in [1.165, 1.54) is 17.8 Å². The van der Waals surface area contributed by atoms with Gasteiger partial charge >= 0.3 is 0 Å². The number of nitro benzene ring substituents is 1. The van der Waals surface area contributed by atoms with Crippen LogP contribution in [-0.4, -0.2) is 14.9 Å². The third-order valence-electron chi connectivity index (χ3n) is 2.91. The van der Waals surface area contributed by atoms with Crippen LogP contribution in [0.5, 0.6) is 0 Å². The molecule has 0 atom stereocenters. The monoisotopic (exact) mass is 297 g/mol. The van der Waals surface area contributed by atoms with E-state index in [2.05, 4.69) is 9.97 Å². The van der Waals surface area contributed by atoms with Crippen LogP contribution in [0.25, 0.3) is 11.3 Å². The number of nitro groups is 1. The number of hydrogen-bond acceptors (Lipinski definition) is 4. The van der Waals surface area contributed by atoms with Crippen LogP contribution in [0.2, 0.25) is 0 Å². The van der Waals surface area contributed by atoms with Gasteiger partial charge in [0.1, 0.15) is 0 Å². The molecule has 0 saturated heterocycles. The number of rotatable bonds is 4. The zero-order valence-electron chi connectivity index (χ0n) is 10.9. The average molecular weight is 297 g/mol. The molecule has 1 N–H and O–H groups in total. The third kappa shape index (κ3) is 2.95. The molecule has 0 spiro atoms. The van der Waals surface area contributed by atoms with Crippen LogP contribution in [-0.2, 0) is 0 Å². The van der Waals surface area contributed by atoms with Crippen molar-refractivity contribution in [2.45, 2.75) is 10.1 Å². The predicted octanol–water partition coefficient (Wildman–Crippen LogP) is 4.14. The van der Waals surface area contributed by atoms with Crippen LogP contribution >= 0.6 is 11.8 Å². The molecule has 1 aromatic heterocycles. The van der Waals surface area contributed by atoms with E-state index >= 15 is 0 Å². The highest BCUT2D eigenvalue weighted by molar-refractivity contribution is 7.99. The molecule has 1 heterocycles. The maximum atomic E-state index is 11.0. The Bertz CT molecular complexity index is 771. The summed E-state index contributed by atoms with van der Waals surface area (Å²) in [4.78, 5) is 18.6. The first-order valence-electron chi connectivity index (χ1n) is 6.26. The molecule has 21 heavy (non-hydrogen) atoms. The van der Waals surface area contributed by atoms with E-state index in [-0.39, 0.29) is 10.6 Å². The standard InChI is InChI=1S/C15H11N3O2S/c19-18(20)13-8-4-5-9-14(13)21-15-16-10-12(17-15)11-6-2-1-3-7-11/h1-10H,(H,16,17).